The lowest BCUT2D eigenvalue weighted by Crippen LogP contribution is -2.65. The Kier molecular flexibility index (Phi) is 9.06. The maximum Gasteiger partial charge on any atom is 0.430 e. The summed E-state index contributed by atoms with van der Waals surface area (Å²) >= 11 is 0. The van der Waals surface area contributed by atoms with Gasteiger partial charge in [0.2, 0.25) is 5.60 Å². The van der Waals surface area contributed by atoms with E-state index in [1.54, 1.807) is 12.1 Å². The number of furan rings is 1. The van der Waals surface area contributed by atoms with Crippen LogP contribution in [0.15, 0.2) is 53.1 Å². The highest BCUT2D eigenvalue weighted by Gasteiger charge is 2.53. The second kappa shape index (κ2) is 12.1. The van der Waals surface area contributed by atoms with Crippen LogP contribution < -0.4 is 5.11 Å². The van der Waals surface area contributed by atoms with E-state index in [0.29, 0.717) is 11.7 Å². The van der Waals surface area contributed by atoms with E-state index in [9.17, 15) is 23.1 Å². The molecule has 7 nitrogen and oxygen atoms in total. The van der Waals surface area contributed by atoms with Gasteiger partial charge in [-0.3, -0.25) is 0 Å². The quantitative estimate of drug-likeness (QED) is 0.397. The average molecular weight is 552 g/mol. The van der Waals surface area contributed by atoms with E-state index in [0.717, 1.165) is 68.9 Å². The Hall–Kier alpha value is -2.85. The van der Waals surface area contributed by atoms with Crippen LogP contribution in [0.3, 0.4) is 0 Å². The molecular weight excluding hydrogens is 515 g/mol. The Bertz CT molecular complexity index is 1080. The monoisotopic (exact) mass is 551 g/mol. The normalized spacial score (nSPS) is 26.4. The molecule has 1 saturated carbocycles. The number of halogens is 3. The fraction of sp³-hybridized carbons (Fsp3) is 0.586. The molecule has 4 heterocycles. The van der Waals surface area contributed by atoms with Crippen molar-refractivity contribution >= 4 is 11.9 Å². The van der Waals surface area contributed by atoms with Crippen LogP contribution in [-0.2, 0) is 26.3 Å². The number of carbonyl (C=O) groups excluding carboxylic acids is 2. The number of fused-ring (bicyclic) bond motifs is 3. The van der Waals surface area contributed by atoms with Gasteiger partial charge in [0.05, 0.1) is 25.9 Å². The van der Waals surface area contributed by atoms with E-state index in [-0.39, 0.29) is 12.0 Å². The number of quaternary nitrogens is 1. The number of aryl methyl sites for hydroxylation is 1. The van der Waals surface area contributed by atoms with Crippen LogP contribution in [0.2, 0.25) is 0 Å². The smallest absolute Gasteiger partial charge is 0.430 e. The Morgan fingerprint density at radius 3 is 2.23 bits per heavy atom. The highest BCUT2D eigenvalue weighted by Crippen LogP contribution is 2.43. The van der Waals surface area contributed by atoms with Gasteiger partial charge in [-0.2, -0.15) is 13.2 Å². The van der Waals surface area contributed by atoms with E-state index in [1.807, 2.05) is 0 Å². The SMILES string of the molecule is O=C(O[C@H]1C[N+]2(CCCc3ccccc3)CCC1CC2)[C@](O)(c1ccco1)C1CCCC1.O=C([O-])C(F)(F)F. The number of aliphatic hydroxyl groups is 1. The molecule has 214 valence electrons. The van der Waals surface area contributed by atoms with Gasteiger partial charge in [-0.25, -0.2) is 4.79 Å². The molecule has 2 bridgehead atoms. The van der Waals surface area contributed by atoms with Gasteiger partial charge < -0.3 is 28.6 Å². The number of ether oxygens (including phenoxy) is 1. The van der Waals surface area contributed by atoms with E-state index in [2.05, 4.69) is 30.3 Å². The maximum atomic E-state index is 13.5. The molecule has 3 saturated heterocycles. The zero-order chi connectivity index (χ0) is 28.1. The zero-order valence-electron chi connectivity index (χ0n) is 21.9. The molecule has 1 aliphatic carbocycles. The number of esters is 1. The molecule has 1 N–H and O–H groups in total. The van der Waals surface area contributed by atoms with E-state index in [1.165, 1.54) is 24.9 Å². The number of rotatable bonds is 8. The van der Waals surface area contributed by atoms with Crippen LogP contribution in [0.5, 0.6) is 0 Å². The van der Waals surface area contributed by atoms with Crippen molar-refractivity contribution < 1.29 is 46.6 Å². The van der Waals surface area contributed by atoms with E-state index >= 15 is 0 Å². The second-order valence-corrected chi connectivity index (χ2v) is 11.1. The van der Waals surface area contributed by atoms with E-state index in [4.69, 9.17) is 19.1 Å². The molecule has 0 unspecified atom stereocenters. The second-order valence-electron chi connectivity index (χ2n) is 11.1. The fourth-order valence-corrected chi connectivity index (χ4v) is 6.47. The number of carboxylic acid groups (broad SMARTS) is 1. The fourth-order valence-electron chi connectivity index (χ4n) is 6.47. The van der Waals surface area contributed by atoms with Crippen molar-refractivity contribution in [2.45, 2.75) is 69.2 Å². The van der Waals surface area contributed by atoms with Gasteiger partial charge in [-0.15, -0.1) is 0 Å². The summed E-state index contributed by atoms with van der Waals surface area (Å²) in [5.74, 6) is -2.88. The first-order chi connectivity index (χ1) is 18.5. The van der Waals surface area contributed by atoms with Crippen LogP contribution in [0.4, 0.5) is 13.2 Å². The first-order valence-electron chi connectivity index (χ1n) is 13.7. The molecule has 2 atom stereocenters. The molecule has 4 aliphatic rings. The number of benzene rings is 1. The molecule has 1 aromatic carbocycles. The molecular formula is C29H36F3NO6. The summed E-state index contributed by atoms with van der Waals surface area (Å²) in [7, 11) is 0. The van der Waals surface area contributed by atoms with Gasteiger partial charge >= 0.3 is 12.1 Å². The summed E-state index contributed by atoms with van der Waals surface area (Å²) in [6, 6.07) is 14.1. The number of nitrogens with zero attached hydrogens (tertiary/aromatic N) is 1. The third kappa shape index (κ3) is 6.84. The van der Waals surface area contributed by atoms with Crippen molar-refractivity contribution in [1.29, 1.82) is 0 Å². The summed E-state index contributed by atoms with van der Waals surface area (Å²) in [6.45, 7) is 4.36. The molecule has 39 heavy (non-hydrogen) atoms. The van der Waals surface area contributed by atoms with Crippen LogP contribution in [0, 0.1) is 11.8 Å². The van der Waals surface area contributed by atoms with Gasteiger partial charge in [-0.1, -0.05) is 43.2 Å². The Morgan fingerprint density at radius 2 is 1.67 bits per heavy atom. The molecule has 10 heteroatoms. The van der Waals surface area contributed by atoms with Gasteiger partial charge in [0.15, 0.2) is 6.10 Å². The summed E-state index contributed by atoms with van der Waals surface area (Å²) < 4.78 is 44.3. The van der Waals surface area contributed by atoms with Crippen LogP contribution in [0.1, 0.15) is 56.3 Å². The first kappa shape index (κ1) is 29.1. The standard InChI is InChI=1S/C27H36NO4.C2HF3O2/c29-26(27(30,23-11-4-5-12-23)25-13-7-19-31-25)32-24-20-28(17-14-22(24)15-18-28)16-6-10-21-8-2-1-3-9-21;3-2(4,5)1(6)7/h1-3,7-9,13,19,22-24,30H,4-6,10-12,14-18,20H2;(H,6,7)/q+1;/p-1/t22?,24-,27+,28?;/m0./s1. The van der Waals surface area contributed by atoms with Gasteiger partial charge in [0, 0.05) is 31.1 Å². The van der Waals surface area contributed by atoms with Crippen molar-refractivity contribution in [2.75, 3.05) is 26.2 Å². The molecule has 3 aliphatic heterocycles. The molecule has 1 aromatic heterocycles. The van der Waals surface area contributed by atoms with E-state index < -0.39 is 23.7 Å². The lowest BCUT2D eigenvalue weighted by atomic mass is 9.81. The molecule has 2 aromatic rings. The van der Waals surface area contributed by atoms with Crippen molar-refractivity contribution in [1.82, 2.24) is 0 Å². The third-order valence-electron chi connectivity index (χ3n) is 8.63. The van der Waals surface area contributed by atoms with Crippen molar-refractivity contribution in [2.24, 2.45) is 11.8 Å². The minimum Gasteiger partial charge on any atom is -0.542 e. The number of hydrogen-bond acceptors (Lipinski definition) is 6. The van der Waals surface area contributed by atoms with Crippen molar-refractivity contribution in [3.63, 3.8) is 0 Å². The van der Waals surface area contributed by atoms with Crippen LogP contribution in [0.25, 0.3) is 0 Å². The Labute approximate surface area is 226 Å². The number of hydrogen-bond donors (Lipinski definition) is 1. The first-order valence-corrected chi connectivity index (χ1v) is 13.7. The van der Waals surface area contributed by atoms with Crippen LogP contribution >= 0.6 is 0 Å². The highest BCUT2D eigenvalue weighted by atomic mass is 19.4. The topological polar surface area (TPSA) is 99.8 Å². The maximum absolute atomic E-state index is 13.5. The number of piperidine rings is 3. The number of carboxylic acids is 1. The van der Waals surface area contributed by atoms with Crippen molar-refractivity contribution in [3.8, 4) is 0 Å². The van der Waals surface area contributed by atoms with Gasteiger partial charge in [0.1, 0.15) is 18.3 Å². The summed E-state index contributed by atoms with van der Waals surface area (Å²) in [5.41, 5.74) is -0.273. The number of aliphatic carboxylic acids is 1. The largest absolute Gasteiger partial charge is 0.542 e. The minimum atomic E-state index is -5.19. The summed E-state index contributed by atoms with van der Waals surface area (Å²) in [5, 5.41) is 20.4. The predicted octanol–water partition coefficient (Wildman–Crippen LogP) is 3.74. The molecule has 6 rings (SSSR count). The lowest BCUT2D eigenvalue weighted by Gasteiger charge is -2.52. The number of carbonyl (C=O) groups is 2. The molecule has 0 spiro atoms. The van der Waals surface area contributed by atoms with Crippen LogP contribution in [-0.4, -0.2) is 60.0 Å². The summed E-state index contributed by atoms with van der Waals surface area (Å²) in [6.07, 6.45) is 4.41. The lowest BCUT2D eigenvalue weighted by molar-refractivity contribution is -0.946. The van der Waals surface area contributed by atoms with Crippen molar-refractivity contribution in [3.05, 3.63) is 60.1 Å². The average Bonchev–Trinajstić information content (AvgIpc) is 3.65. The molecule has 0 radical (unpaired) electrons. The minimum absolute atomic E-state index is 0.107. The summed E-state index contributed by atoms with van der Waals surface area (Å²) in [4.78, 5) is 22.2. The Balaban J connectivity index is 0.000000448. The van der Waals surface area contributed by atoms with Gasteiger partial charge in [0.25, 0.3) is 0 Å². The zero-order valence-corrected chi connectivity index (χ0v) is 21.9. The van der Waals surface area contributed by atoms with Gasteiger partial charge in [-0.05, 0) is 37.0 Å². The number of alkyl halides is 3. The predicted molar refractivity (Wildman–Crippen MR) is 133 cm³/mol. The highest BCUT2D eigenvalue weighted by molar-refractivity contribution is 5.81. The third-order valence-corrected chi connectivity index (χ3v) is 8.63. The molecule has 4 fully saturated rings. The Morgan fingerprint density at radius 1 is 1.03 bits per heavy atom. The molecule has 0 amide bonds.